The smallest absolute Gasteiger partial charge is 0.422 e. The van der Waals surface area contributed by atoms with E-state index in [1.54, 1.807) is 4.72 Å². The summed E-state index contributed by atoms with van der Waals surface area (Å²) in [6.45, 7) is 1.52. The van der Waals surface area contributed by atoms with Crippen LogP contribution < -0.4 is 15.2 Å². The summed E-state index contributed by atoms with van der Waals surface area (Å²) in [6, 6.07) is 3.39. The van der Waals surface area contributed by atoms with E-state index in [2.05, 4.69) is 4.74 Å². The highest BCUT2D eigenvalue weighted by Gasteiger charge is 2.16. The number of nitrogen functional groups attached to an aromatic ring is 1. The van der Waals surface area contributed by atoms with Gasteiger partial charge in [-0.2, -0.15) is 8.42 Å². The SMILES string of the molecule is CCOC(=O)NS(=O)(=O)Nc1ccc(N)cc1F. The molecule has 4 N–H and O–H groups in total. The molecule has 0 bridgehead atoms. The fraction of sp³-hybridized carbons (Fsp3) is 0.222. The lowest BCUT2D eigenvalue weighted by Crippen LogP contribution is -2.35. The van der Waals surface area contributed by atoms with E-state index in [-0.39, 0.29) is 18.0 Å². The Morgan fingerprint density at radius 2 is 2.17 bits per heavy atom. The third-order valence-electron chi connectivity index (χ3n) is 1.73. The number of hydrogen-bond donors (Lipinski definition) is 3. The number of benzene rings is 1. The highest BCUT2D eigenvalue weighted by atomic mass is 32.2. The normalized spacial score (nSPS) is 10.8. The first kappa shape index (κ1) is 14.0. The fourth-order valence-corrected chi connectivity index (χ4v) is 1.84. The average Bonchev–Trinajstić information content (AvgIpc) is 2.21. The highest BCUT2D eigenvalue weighted by molar-refractivity contribution is 7.91. The molecule has 0 saturated carbocycles. The van der Waals surface area contributed by atoms with E-state index in [4.69, 9.17) is 5.73 Å². The van der Waals surface area contributed by atoms with Crippen molar-refractivity contribution in [3.63, 3.8) is 0 Å². The minimum Gasteiger partial charge on any atom is -0.449 e. The molecule has 0 aliphatic carbocycles. The van der Waals surface area contributed by atoms with Gasteiger partial charge in [-0.15, -0.1) is 0 Å². The molecular formula is C9H12FN3O4S. The van der Waals surface area contributed by atoms with Crippen molar-refractivity contribution in [2.24, 2.45) is 0 Å². The van der Waals surface area contributed by atoms with Crippen molar-refractivity contribution in [3.8, 4) is 0 Å². The molecule has 0 unspecified atom stereocenters. The molecule has 9 heteroatoms. The number of rotatable bonds is 4. The van der Waals surface area contributed by atoms with E-state index in [9.17, 15) is 17.6 Å². The predicted octanol–water partition coefficient (Wildman–Crippen LogP) is 0.811. The fourth-order valence-electron chi connectivity index (χ4n) is 1.05. The van der Waals surface area contributed by atoms with Crippen molar-refractivity contribution in [2.75, 3.05) is 17.1 Å². The number of carbonyl (C=O) groups is 1. The van der Waals surface area contributed by atoms with Crippen molar-refractivity contribution >= 4 is 27.7 Å². The van der Waals surface area contributed by atoms with Gasteiger partial charge >= 0.3 is 16.3 Å². The maximum absolute atomic E-state index is 13.3. The van der Waals surface area contributed by atoms with Crippen molar-refractivity contribution < 1.29 is 22.3 Å². The first-order valence-electron chi connectivity index (χ1n) is 4.86. The Labute approximate surface area is 103 Å². The van der Waals surface area contributed by atoms with E-state index in [0.29, 0.717) is 0 Å². The van der Waals surface area contributed by atoms with E-state index in [1.165, 1.54) is 13.0 Å². The van der Waals surface area contributed by atoms with Gasteiger partial charge in [0.25, 0.3) is 0 Å². The van der Waals surface area contributed by atoms with Gasteiger partial charge in [0.1, 0.15) is 5.82 Å². The van der Waals surface area contributed by atoms with Crippen LogP contribution in [0.1, 0.15) is 6.92 Å². The lowest BCUT2D eigenvalue weighted by molar-refractivity contribution is 0.159. The molecule has 1 rings (SSSR count). The summed E-state index contributed by atoms with van der Waals surface area (Å²) in [6.07, 6.45) is -1.15. The third-order valence-corrected chi connectivity index (χ3v) is 2.65. The Kier molecular flexibility index (Phi) is 4.32. The van der Waals surface area contributed by atoms with E-state index in [1.807, 2.05) is 4.72 Å². The van der Waals surface area contributed by atoms with Gasteiger partial charge in [-0.25, -0.2) is 13.9 Å². The lowest BCUT2D eigenvalue weighted by Gasteiger charge is -2.10. The Hall–Kier alpha value is -2.03. The summed E-state index contributed by atoms with van der Waals surface area (Å²) in [7, 11) is -4.25. The molecule has 100 valence electrons. The standard InChI is InChI=1S/C9H12FN3O4S/c1-2-17-9(14)13-18(15,16)12-8-4-3-6(11)5-7(8)10/h3-5,12H,2,11H2,1H3,(H,13,14). The summed E-state index contributed by atoms with van der Waals surface area (Å²) in [5.41, 5.74) is 5.12. The van der Waals surface area contributed by atoms with Gasteiger partial charge in [-0.3, -0.25) is 4.72 Å². The Morgan fingerprint density at radius 1 is 1.50 bits per heavy atom. The average molecular weight is 277 g/mol. The second-order valence-corrected chi connectivity index (χ2v) is 4.58. The predicted molar refractivity (Wildman–Crippen MR) is 63.5 cm³/mol. The van der Waals surface area contributed by atoms with Crippen molar-refractivity contribution in [3.05, 3.63) is 24.0 Å². The maximum Gasteiger partial charge on any atom is 0.422 e. The molecule has 18 heavy (non-hydrogen) atoms. The zero-order valence-electron chi connectivity index (χ0n) is 9.44. The van der Waals surface area contributed by atoms with Crippen molar-refractivity contribution in [1.29, 1.82) is 0 Å². The molecule has 0 aliphatic heterocycles. The molecule has 0 spiro atoms. The van der Waals surface area contributed by atoms with Crippen LogP contribution in [0, 0.1) is 5.82 Å². The Morgan fingerprint density at radius 3 is 2.72 bits per heavy atom. The molecule has 1 amide bonds. The zero-order valence-corrected chi connectivity index (χ0v) is 10.3. The summed E-state index contributed by atoms with van der Waals surface area (Å²) in [4.78, 5) is 10.9. The van der Waals surface area contributed by atoms with Crippen molar-refractivity contribution in [2.45, 2.75) is 6.92 Å². The first-order chi connectivity index (χ1) is 8.34. The monoisotopic (exact) mass is 277 g/mol. The minimum atomic E-state index is -4.25. The van der Waals surface area contributed by atoms with Crippen LogP contribution in [0.2, 0.25) is 0 Å². The number of amides is 1. The number of halogens is 1. The van der Waals surface area contributed by atoms with Crippen LogP contribution in [-0.4, -0.2) is 21.1 Å². The van der Waals surface area contributed by atoms with Crippen LogP contribution >= 0.6 is 0 Å². The molecule has 0 radical (unpaired) electrons. The maximum atomic E-state index is 13.3. The van der Waals surface area contributed by atoms with E-state index >= 15 is 0 Å². The van der Waals surface area contributed by atoms with Gasteiger partial charge in [0.2, 0.25) is 0 Å². The summed E-state index contributed by atoms with van der Waals surface area (Å²) in [5, 5.41) is 0. The summed E-state index contributed by atoms with van der Waals surface area (Å²) < 4.78 is 43.9. The molecule has 0 aliphatic rings. The molecule has 1 aromatic rings. The molecular weight excluding hydrogens is 265 g/mol. The molecule has 0 fully saturated rings. The number of carbonyl (C=O) groups excluding carboxylic acids is 1. The highest BCUT2D eigenvalue weighted by Crippen LogP contribution is 2.17. The first-order valence-corrected chi connectivity index (χ1v) is 6.34. The largest absolute Gasteiger partial charge is 0.449 e. The Balaban J connectivity index is 2.79. The number of nitrogens with one attached hydrogen (secondary N) is 2. The van der Waals surface area contributed by atoms with Crippen LogP contribution in [0.15, 0.2) is 18.2 Å². The van der Waals surface area contributed by atoms with Gasteiger partial charge in [0, 0.05) is 5.69 Å². The van der Waals surface area contributed by atoms with Crippen LogP contribution in [0.4, 0.5) is 20.6 Å². The summed E-state index contributed by atoms with van der Waals surface area (Å²) >= 11 is 0. The van der Waals surface area contributed by atoms with Crippen LogP contribution in [-0.2, 0) is 14.9 Å². The molecule has 0 heterocycles. The topological polar surface area (TPSA) is 111 Å². The molecule has 0 aromatic heterocycles. The second-order valence-electron chi connectivity index (χ2n) is 3.17. The zero-order chi connectivity index (χ0) is 13.8. The van der Waals surface area contributed by atoms with Gasteiger partial charge < -0.3 is 10.5 Å². The van der Waals surface area contributed by atoms with Gasteiger partial charge in [0.05, 0.1) is 12.3 Å². The number of hydrogen-bond acceptors (Lipinski definition) is 5. The number of anilines is 2. The molecule has 7 nitrogen and oxygen atoms in total. The van der Waals surface area contributed by atoms with Gasteiger partial charge in [0.15, 0.2) is 0 Å². The lowest BCUT2D eigenvalue weighted by atomic mass is 10.3. The number of nitrogens with two attached hydrogens (primary N) is 1. The molecule has 1 aromatic carbocycles. The quantitative estimate of drug-likeness (QED) is 0.705. The van der Waals surface area contributed by atoms with Gasteiger partial charge in [-0.05, 0) is 25.1 Å². The second kappa shape index (κ2) is 5.54. The third kappa shape index (κ3) is 4.09. The summed E-state index contributed by atoms with van der Waals surface area (Å²) in [5.74, 6) is -0.857. The number of ether oxygens (including phenoxy) is 1. The minimum absolute atomic E-state index is 0.0115. The van der Waals surface area contributed by atoms with E-state index in [0.717, 1.165) is 12.1 Å². The molecule has 0 saturated heterocycles. The van der Waals surface area contributed by atoms with E-state index < -0.39 is 22.1 Å². The van der Waals surface area contributed by atoms with Crippen molar-refractivity contribution in [1.82, 2.24) is 4.72 Å². The Bertz CT molecular complexity index is 547. The van der Waals surface area contributed by atoms with Gasteiger partial charge in [-0.1, -0.05) is 0 Å². The van der Waals surface area contributed by atoms with Crippen LogP contribution in [0.3, 0.4) is 0 Å². The molecule has 0 atom stereocenters. The van der Waals surface area contributed by atoms with Crippen LogP contribution in [0.5, 0.6) is 0 Å². The van der Waals surface area contributed by atoms with Crippen LogP contribution in [0.25, 0.3) is 0 Å².